The topological polar surface area (TPSA) is 35.0 Å². The third-order valence-electron chi connectivity index (χ3n) is 3.63. The van der Waals surface area contributed by atoms with Crippen molar-refractivity contribution in [1.82, 2.24) is 9.97 Å². The summed E-state index contributed by atoms with van der Waals surface area (Å²) in [5, 5.41) is 3.24. The van der Waals surface area contributed by atoms with Gasteiger partial charge in [0.25, 0.3) is 0 Å². The molecule has 6 heteroatoms. The van der Waals surface area contributed by atoms with E-state index in [0.717, 1.165) is 28.0 Å². The molecule has 0 N–H and O–H groups in total. The summed E-state index contributed by atoms with van der Waals surface area (Å²) in [5.41, 5.74) is 1.42. The van der Waals surface area contributed by atoms with E-state index in [1.54, 1.807) is 34.9 Å². The maximum absolute atomic E-state index is 5.98. The Morgan fingerprint density at radius 1 is 1.25 bits per heavy atom. The largest absolute Gasteiger partial charge is 0.372 e. The van der Waals surface area contributed by atoms with Crippen molar-refractivity contribution in [2.45, 2.75) is 43.2 Å². The molecule has 3 rings (SSSR count). The van der Waals surface area contributed by atoms with Gasteiger partial charge in [0.15, 0.2) is 5.16 Å². The van der Waals surface area contributed by atoms with Gasteiger partial charge in [-0.2, -0.15) is 0 Å². The number of thiophene rings is 1. The monoisotopic (exact) mass is 326 g/mol. The molecule has 2 aromatic rings. The molecule has 2 aromatic heterocycles. The maximum atomic E-state index is 5.98. The summed E-state index contributed by atoms with van der Waals surface area (Å²) in [6, 6.07) is 0. The maximum Gasteiger partial charge on any atom is 0.189 e. The Hall–Kier alpha value is -0.300. The van der Waals surface area contributed by atoms with Crippen molar-refractivity contribution < 1.29 is 4.74 Å². The number of aromatic nitrogens is 2. The van der Waals surface area contributed by atoms with Gasteiger partial charge in [-0.25, -0.2) is 9.97 Å². The molecule has 0 aliphatic carbocycles. The van der Waals surface area contributed by atoms with Gasteiger partial charge in [-0.1, -0.05) is 25.6 Å². The van der Waals surface area contributed by atoms with E-state index in [9.17, 15) is 0 Å². The van der Waals surface area contributed by atoms with Gasteiger partial charge >= 0.3 is 0 Å². The van der Waals surface area contributed by atoms with Crippen molar-refractivity contribution in [2.75, 3.05) is 12.5 Å². The number of rotatable bonds is 3. The highest BCUT2D eigenvalue weighted by atomic mass is 32.2. The lowest BCUT2D eigenvalue weighted by atomic mass is 9.96. The van der Waals surface area contributed by atoms with Crippen LogP contribution < -0.4 is 0 Å². The van der Waals surface area contributed by atoms with Crippen LogP contribution in [0.3, 0.4) is 0 Å². The first kappa shape index (κ1) is 14.6. The fourth-order valence-corrected chi connectivity index (χ4v) is 4.76. The van der Waals surface area contributed by atoms with Gasteiger partial charge in [-0.05, 0) is 24.0 Å². The van der Waals surface area contributed by atoms with E-state index in [-0.39, 0.29) is 0 Å². The van der Waals surface area contributed by atoms with Crippen LogP contribution in [-0.2, 0) is 17.8 Å². The predicted octanol–water partition coefficient (Wildman–Crippen LogP) is 4.23. The van der Waals surface area contributed by atoms with Gasteiger partial charge in [0.1, 0.15) is 9.86 Å². The lowest BCUT2D eigenvalue weighted by molar-refractivity contribution is 0.00199. The summed E-state index contributed by atoms with van der Waals surface area (Å²) in [6.45, 7) is 5.17. The number of hydrogen-bond acceptors (Lipinski definition) is 6. The van der Waals surface area contributed by atoms with Crippen LogP contribution in [0.5, 0.6) is 0 Å². The van der Waals surface area contributed by atoms with Crippen molar-refractivity contribution in [2.24, 2.45) is 5.92 Å². The lowest BCUT2D eigenvalue weighted by Crippen LogP contribution is -2.26. The molecule has 0 spiro atoms. The molecule has 0 aromatic carbocycles. The Balaban J connectivity index is 2.15. The standard InChI is InChI=1S/C14H18N2OS3/c1-7(2)9-5-8-10(6-17-9)20-13-11(8)12(18-3)15-14(16-13)19-4/h7,9H,5-6H2,1-4H3/t9-/m1/s1. The minimum Gasteiger partial charge on any atom is -0.372 e. The molecule has 0 bridgehead atoms. The summed E-state index contributed by atoms with van der Waals surface area (Å²) in [5.74, 6) is 0.544. The van der Waals surface area contributed by atoms with Crippen molar-refractivity contribution in [1.29, 1.82) is 0 Å². The van der Waals surface area contributed by atoms with E-state index < -0.39 is 0 Å². The molecule has 0 saturated heterocycles. The second-order valence-corrected chi connectivity index (χ2v) is 7.85. The fraction of sp³-hybridized carbons (Fsp3) is 0.571. The molecule has 0 fully saturated rings. The predicted molar refractivity (Wildman–Crippen MR) is 88.1 cm³/mol. The van der Waals surface area contributed by atoms with Crippen LogP contribution in [0.4, 0.5) is 0 Å². The van der Waals surface area contributed by atoms with E-state index in [2.05, 4.69) is 30.1 Å². The van der Waals surface area contributed by atoms with Crippen LogP contribution in [0, 0.1) is 5.92 Å². The summed E-state index contributed by atoms with van der Waals surface area (Å²) in [7, 11) is 0. The summed E-state index contributed by atoms with van der Waals surface area (Å²) < 4.78 is 5.98. The molecule has 108 valence electrons. The zero-order chi connectivity index (χ0) is 14.3. The third kappa shape index (κ3) is 2.47. The van der Waals surface area contributed by atoms with Crippen LogP contribution in [0.25, 0.3) is 10.2 Å². The normalized spacial score (nSPS) is 18.8. The number of fused-ring (bicyclic) bond motifs is 3. The lowest BCUT2D eigenvalue weighted by Gasteiger charge is -2.26. The van der Waals surface area contributed by atoms with E-state index in [4.69, 9.17) is 4.74 Å². The summed E-state index contributed by atoms with van der Waals surface area (Å²) >= 11 is 5.09. The number of thioether (sulfide) groups is 2. The first-order valence-electron chi connectivity index (χ1n) is 6.66. The molecule has 0 radical (unpaired) electrons. The zero-order valence-electron chi connectivity index (χ0n) is 12.1. The first-order chi connectivity index (χ1) is 9.63. The van der Waals surface area contributed by atoms with Crippen LogP contribution in [0.1, 0.15) is 24.3 Å². The Morgan fingerprint density at radius 2 is 2.05 bits per heavy atom. The van der Waals surface area contributed by atoms with Gasteiger partial charge in [0.2, 0.25) is 0 Å². The van der Waals surface area contributed by atoms with E-state index in [1.807, 2.05) is 6.26 Å². The van der Waals surface area contributed by atoms with Gasteiger partial charge in [-0.15, -0.1) is 23.1 Å². The quantitative estimate of drug-likeness (QED) is 0.479. The zero-order valence-corrected chi connectivity index (χ0v) is 14.5. The Morgan fingerprint density at radius 3 is 2.70 bits per heavy atom. The van der Waals surface area contributed by atoms with Crippen molar-refractivity contribution in [3.63, 3.8) is 0 Å². The first-order valence-corrected chi connectivity index (χ1v) is 9.92. The molecule has 0 saturated carbocycles. The molecule has 20 heavy (non-hydrogen) atoms. The van der Waals surface area contributed by atoms with Crippen LogP contribution in [-0.4, -0.2) is 28.6 Å². The highest BCUT2D eigenvalue weighted by Crippen LogP contribution is 2.40. The van der Waals surface area contributed by atoms with Crippen LogP contribution in [0.2, 0.25) is 0 Å². The molecule has 0 unspecified atom stereocenters. The van der Waals surface area contributed by atoms with Gasteiger partial charge in [-0.3, -0.25) is 0 Å². The minimum atomic E-state index is 0.315. The highest BCUT2D eigenvalue weighted by Gasteiger charge is 2.27. The van der Waals surface area contributed by atoms with Gasteiger partial charge in [0.05, 0.1) is 12.7 Å². The third-order valence-corrected chi connectivity index (χ3v) is 5.96. The molecule has 3 heterocycles. The average Bonchev–Trinajstić information content (AvgIpc) is 2.83. The van der Waals surface area contributed by atoms with E-state index >= 15 is 0 Å². The Labute approximate surface area is 131 Å². The number of ether oxygens (including phenoxy) is 1. The molecule has 1 atom stereocenters. The minimum absolute atomic E-state index is 0.315. The van der Waals surface area contributed by atoms with Crippen molar-refractivity contribution in [3.8, 4) is 0 Å². The highest BCUT2D eigenvalue weighted by molar-refractivity contribution is 7.99. The molecule has 3 nitrogen and oxygen atoms in total. The average molecular weight is 327 g/mol. The molecule has 0 amide bonds. The van der Waals surface area contributed by atoms with Crippen molar-refractivity contribution in [3.05, 3.63) is 10.4 Å². The number of hydrogen-bond donors (Lipinski definition) is 0. The molecular weight excluding hydrogens is 308 g/mol. The second kappa shape index (κ2) is 5.83. The molecule has 1 aliphatic heterocycles. The van der Waals surface area contributed by atoms with Crippen molar-refractivity contribution >= 4 is 45.1 Å². The molecule has 1 aliphatic rings. The smallest absolute Gasteiger partial charge is 0.189 e. The summed E-state index contributed by atoms with van der Waals surface area (Å²) in [4.78, 5) is 11.8. The second-order valence-electron chi connectivity index (χ2n) is 5.20. The summed E-state index contributed by atoms with van der Waals surface area (Å²) in [6.07, 6.45) is 5.42. The van der Waals surface area contributed by atoms with Gasteiger partial charge < -0.3 is 4.74 Å². The van der Waals surface area contributed by atoms with E-state index in [1.165, 1.54) is 15.8 Å². The SMILES string of the molecule is CSc1nc(SC)c2c3c(sc2n1)CO[C@@H](C(C)C)C3. The molecular formula is C14H18N2OS3. The van der Waals surface area contributed by atoms with Crippen LogP contribution >= 0.6 is 34.9 Å². The fourth-order valence-electron chi connectivity index (χ4n) is 2.49. The Bertz CT molecular complexity index is 639. The van der Waals surface area contributed by atoms with Crippen LogP contribution in [0.15, 0.2) is 10.2 Å². The van der Waals surface area contributed by atoms with E-state index in [0.29, 0.717) is 12.0 Å². The number of nitrogens with zero attached hydrogens (tertiary/aromatic N) is 2. The Kier molecular flexibility index (Phi) is 4.26. The van der Waals surface area contributed by atoms with Gasteiger partial charge in [0, 0.05) is 16.7 Å².